The first-order valence-corrected chi connectivity index (χ1v) is 8.03. The maximum Gasteiger partial charge on any atom is 0.307 e. The van der Waals surface area contributed by atoms with Gasteiger partial charge in [0.15, 0.2) is 15.7 Å². The second kappa shape index (κ2) is 5.28. The minimum absolute atomic E-state index is 0.0532. The van der Waals surface area contributed by atoms with Crippen molar-refractivity contribution in [3.05, 3.63) is 35.3 Å². The van der Waals surface area contributed by atoms with E-state index in [1.54, 1.807) is 13.8 Å². The molecule has 2 heterocycles. The summed E-state index contributed by atoms with van der Waals surface area (Å²) in [5.41, 5.74) is 1.67. The molecule has 0 aliphatic heterocycles. The first-order chi connectivity index (χ1) is 9.71. The van der Waals surface area contributed by atoms with Crippen molar-refractivity contribution in [1.29, 1.82) is 0 Å². The molecule has 0 spiro atoms. The third-order valence-corrected chi connectivity index (χ3v) is 4.24. The number of aromatic nitrogens is 3. The summed E-state index contributed by atoms with van der Waals surface area (Å²) in [6.45, 7) is 3.38. The molecule has 2 aromatic heterocycles. The summed E-state index contributed by atoms with van der Waals surface area (Å²) in [5, 5.41) is 13.2. The second-order valence-electron chi connectivity index (χ2n) is 4.73. The molecule has 0 fully saturated rings. The Morgan fingerprint density at radius 2 is 2.05 bits per heavy atom. The lowest BCUT2D eigenvalue weighted by Crippen LogP contribution is -2.10. The molecule has 8 heteroatoms. The van der Waals surface area contributed by atoms with Crippen molar-refractivity contribution in [3.63, 3.8) is 0 Å². The van der Waals surface area contributed by atoms with Crippen molar-refractivity contribution in [3.8, 4) is 5.82 Å². The van der Waals surface area contributed by atoms with Crippen LogP contribution >= 0.6 is 0 Å². The fourth-order valence-corrected chi connectivity index (χ4v) is 2.92. The van der Waals surface area contributed by atoms with Crippen LogP contribution in [0.25, 0.3) is 5.82 Å². The molecule has 0 unspecified atom stereocenters. The Hall–Kier alpha value is -2.22. The van der Waals surface area contributed by atoms with E-state index in [4.69, 9.17) is 5.11 Å². The van der Waals surface area contributed by atoms with Gasteiger partial charge in [-0.1, -0.05) is 0 Å². The molecule has 0 amide bonds. The number of hydrogen-bond acceptors (Lipinski definition) is 5. The molecule has 0 aromatic carbocycles. The molecule has 7 nitrogen and oxygen atoms in total. The molecule has 0 saturated heterocycles. The Labute approximate surface area is 122 Å². The second-order valence-corrected chi connectivity index (χ2v) is 6.71. The van der Waals surface area contributed by atoms with Gasteiger partial charge in [0.2, 0.25) is 0 Å². The normalized spacial score (nSPS) is 11.6. The summed E-state index contributed by atoms with van der Waals surface area (Å²) >= 11 is 0. The first kappa shape index (κ1) is 15.2. The van der Waals surface area contributed by atoms with Gasteiger partial charge in [-0.15, -0.1) is 0 Å². The summed E-state index contributed by atoms with van der Waals surface area (Å²) < 4.78 is 25.0. The summed E-state index contributed by atoms with van der Waals surface area (Å²) in [6, 6.07) is 2.98. The predicted octanol–water partition coefficient (Wildman–Crippen LogP) is 0.915. The van der Waals surface area contributed by atoms with Crippen molar-refractivity contribution in [2.75, 3.05) is 6.26 Å². The molecular formula is C13H15N3O4S. The van der Waals surface area contributed by atoms with Gasteiger partial charge in [-0.2, -0.15) is 5.10 Å². The van der Waals surface area contributed by atoms with E-state index in [1.807, 2.05) is 0 Å². The minimum Gasteiger partial charge on any atom is -0.481 e. The molecule has 1 N–H and O–H groups in total. The van der Waals surface area contributed by atoms with Gasteiger partial charge < -0.3 is 5.11 Å². The zero-order valence-corrected chi connectivity index (χ0v) is 12.7. The number of carboxylic acids is 1. The van der Waals surface area contributed by atoms with Gasteiger partial charge in [0.05, 0.1) is 12.1 Å². The van der Waals surface area contributed by atoms with E-state index in [-0.39, 0.29) is 17.1 Å². The van der Waals surface area contributed by atoms with E-state index >= 15 is 0 Å². The zero-order valence-electron chi connectivity index (χ0n) is 11.9. The molecule has 0 atom stereocenters. The molecule has 0 saturated carbocycles. The van der Waals surface area contributed by atoms with Crippen molar-refractivity contribution in [2.24, 2.45) is 0 Å². The Balaban J connectivity index is 2.67. The van der Waals surface area contributed by atoms with E-state index in [9.17, 15) is 13.2 Å². The topological polar surface area (TPSA) is 102 Å². The number of aryl methyl sites for hydroxylation is 1. The summed E-state index contributed by atoms with van der Waals surface area (Å²) in [5.74, 6) is -0.789. The lowest BCUT2D eigenvalue weighted by atomic mass is 10.1. The summed E-state index contributed by atoms with van der Waals surface area (Å²) in [7, 11) is -3.46. The average molecular weight is 309 g/mol. The van der Waals surface area contributed by atoms with Crippen molar-refractivity contribution >= 4 is 15.8 Å². The Kier molecular flexibility index (Phi) is 3.82. The number of pyridine rings is 1. The van der Waals surface area contributed by atoms with Crippen molar-refractivity contribution in [2.45, 2.75) is 25.2 Å². The van der Waals surface area contributed by atoms with E-state index in [1.165, 1.54) is 23.0 Å². The molecule has 0 radical (unpaired) electrons. The van der Waals surface area contributed by atoms with E-state index in [0.29, 0.717) is 17.0 Å². The predicted molar refractivity (Wildman–Crippen MR) is 75.3 cm³/mol. The molecule has 0 aliphatic carbocycles. The summed E-state index contributed by atoms with van der Waals surface area (Å²) in [4.78, 5) is 15.0. The molecule has 0 bridgehead atoms. The van der Waals surface area contributed by atoms with E-state index in [2.05, 4.69) is 10.1 Å². The Morgan fingerprint density at radius 1 is 1.38 bits per heavy atom. The average Bonchev–Trinajstić information content (AvgIpc) is 2.65. The van der Waals surface area contributed by atoms with Gasteiger partial charge in [0, 0.05) is 23.7 Å². The van der Waals surface area contributed by atoms with Crippen LogP contribution in [0.5, 0.6) is 0 Å². The first-order valence-electron chi connectivity index (χ1n) is 6.14. The minimum atomic E-state index is -3.46. The zero-order chi connectivity index (χ0) is 15.8. The Morgan fingerprint density at radius 3 is 2.62 bits per heavy atom. The van der Waals surface area contributed by atoms with Crippen LogP contribution in [0.3, 0.4) is 0 Å². The van der Waals surface area contributed by atoms with Crippen LogP contribution in [0.1, 0.15) is 17.0 Å². The molecule has 2 aromatic rings. The largest absolute Gasteiger partial charge is 0.481 e. The smallest absolute Gasteiger partial charge is 0.307 e. The number of carboxylic acid groups (broad SMARTS) is 1. The van der Waals surface area contributed by atoms with Gasteiger partial charge in [0.25, 0.3) is 0 Å². The molecule has 2 rings (SSSR count). The van der Waals surface area contributed by atoms with Crippen LogP contribution in [-0.4, -0.2) is 40.5 Å². The van der Waals surface area contributed by atoms with E-state index < -0.39 is 15.8 Å². The highest BCUT2D eigenvalue weighted by Gasteiger charge is 2.21. The molecular weight excluding hydrogens is 294 g/mol. The third kappa shape index (κ3) is 2.94. The van der Waals surface area contributed by atoms with Crippen molar-refractivity contribution in [1.82, 2.24) is 14.8 Å². The van der Waals surface area contributed by atoms with Gasteiger partial charge in [-0.25, -0.2) is 18.1 Å². The van der Waals surface area contributed by atoms with Crippen LogP contribution < -0.4 is 0 Å². The fourth-order valence-electron chi connectivity index (χ4n) is 2.12. The number of carbonyl (C=O) groups is 1. The van der Waals surface area contributed by atoms with Crippen molar-refractivity contribution < 1.29 is 18.3 Å². The maximum absolute atomic E-state index is 11.8. The quantitative estimate of drug-likeness (QED) is 0.900. The maximum atomic E-state index is 11.8. The lowest BCUT2D eigenvalue weighted by molar-refractivity contribution is -0.136. The lowest BCUT2D eigenvalue weighted by Gasteiger charge is -2.08. The highest BCUT2D eigenvalue weighted by atomic mass is 32.2. The molecule has 112 valence electrons. The number of rotatable bonds is 4. The van der Waals surface area contributed by atoms with Crippen LogP contribution in [-0.2, 0) is 21.1 Å². The van der Waals surface area contributed by atoms with Crippen LogP contribution in [0.2, 0.25) is 0 Å². The SMILES string of the molecule is Cc1nn(-c2ncccc2S(C)(=O)=O)c(C)c1CC(=O)O. The van der Waals surface area contributed by atoms with Gasteiger partial charge >= 0.3 is 5.97 Å². The standard InChI is InChI=1S/C13H15N3O4S/c1-8-10(7-12(17)18)9(2)16(15-8)13-11(21(3,19)20)5-4-6-14-13/h4-6H,7H2,1-3H3,(H,17,18). The van der Waals surface area contributed by atoms with Gasteiger partial charge in [-0.3, -0.25) is 4.79 Å². The number of hydrogen-bond donors (Lipinski definition) is 1. The number of aliphatic carboxylic acids is 1. The van der Waals surface area contributed by atoms with Gasteiger partial charge in [-0.05, 0) is 26.0 Å². The number of nitrogens with zero attached hydrogens (tertiary/aromatic N) is 3. The monoisotopic (exact) mass is 309 g/mol. The van der Waals surface area contributed by atoms with Crippen LogP contribution in [0.4, 0.5) is 0 Å². The molecule has 0 aliphatic rings. The summed E-state index contributed by atoms with van der Waals surface area (Å²) in [6.07, 6.45) is 2.40. The highest BCUT2D eigenvalue weighted by Crippen LogP contribution is 2.22. The van der Waals surface area contributed by atoms with Crippen LogP contribution in [0.15, 0.2) is 23.2 Å². The Bertz CT molecular complexity index is 809. The van der Waals surface area contributed by atoms with Crippen LogP contribution in [0, 0.1) is 13.8 Å². The fraction of sp³-hybridized carbons (Fsp3) is 0.308. The van der Waals surface area contributed by atoms with E-state index in [0.717, 1.165) is 6.26 Å². The third-order valence-electron chi connectivity index (χ3n) is 3.12. The molecule has 21 heavy (non-hydrogen) atoms. The number of sulfone groups is 1. The highest BCUT2D eigenvalue weighted by molar-refractivity contribution is 7.90. The van der Waals surface area contributed by atoms with Gasteiger partial charge in [0.1, 0.15) is 4.90 Å².